The lowest BCUT2D eigenvalue weighted by Crippen LogP contribution is -2.73. The average molecular weight is 330 g/mol. The smallest absolute Gasteiger partial charge is 0.137 e. The first-order valence-corrected chi connectivity index (χ1v) is 9.84. The number of benzene rings is 2. The quantitative estimate of drug-likeness (QED) is 0.651. The van der Waals surface area contributed by atoms with Gasteiger partial charge in [0.1, 0.15) is 12.2 Å². The minimum atomic E-state index is -0.0298. The number of hydrogen-bond acceptors (Lipinski definition) is 2. The molecule has 5 unspecified atom stereocenters. The van der Waals surface area contributed by atoms with Crippen LogP contribution in [0, 0.1) is 23.7 Å². The Balaban J connectivity index is 1.57. The molecule has 4 saturated carbocycles. The molecule has 25 heavy (non-hydrogen) atoms. The van der Waals surface area contributed by atoms with Crippen molar-refractivity contribution >= 4 is 0 Å². The van der Waals surface area contributed by atoms with Gasteiger partial charge in [0.2, 0.25) is 0 Å². The highest BCUT2D eigenvalue weighted by Crippen LogP contribution is 2.73. The molecule has 1 heterocycles. The van der Waals surface area contributed by atoms with Crippen LogP contribution in [0.3, 0.4) is 0 Å². The Morgan fingerprint density at radius 1 is 0.760 bits per heavy atom. The zero-order chi connectivity index (χ0) is 16.2. The minimum absolute atomic E-state index is 0.0298. The zero-order valence-corrected chi connectivity index (χ0v) is 14.3. The molecule has 5 fully saturated rings. The van der Waals surface area contributed by atoms with Crippen LogP contribution < -0.4 is 0 Å². The third kappa shape index (κ3) is 1.30. The lowest BCUT2D eigenvalue weighted by molar-refractivity contribution is -0.515. The van der Waals surface area contributed by atoms with Crippen LogP contribution in [0.1, 0.15) is 36.8 Å². The Hall–Kier alpha value is -1.64. The summed E-state index contributed by atoms with van der Waals surface area (Å²) in [5, 5.41) is 0. The molecule has 2 aromatic carbocycles. The summed E-state index contributed by atoms with van der Waals surface area (Å²) < 4.78 is 0. The van der Waals surface area contributed by atoms with E-state index in [9.17, 15) is 0 Å². The number of rotatable bonds is 0. The number of hydrogen-bond donors (Lipinski definition) is 0. The van der Waals surface area contributed by atoms with Crippen molar-refractivity contribution in [2.45, 2.75) is 36.7 Å². The van der Waals surface area contributed by atoms with Gasteiger partial charge in [0.25, 0.3) is 0 Å². The summed E-state index contributed by atoms with van der Waals surface area (Å²) in [6.45, 7) is 0.799. The molecule has 0 aromatic heterocycles. The highest BCUT2D eigenvalue weighted by atomic mass is 17.2. The maximum atomic E-state index is 6.01. The highest BCUT2D eigenvalue weighted by molar-refractivity contribution is 5.82. The predicted molar refractivity (Wildman–Crippen MR) is 94.9 cm³/mol. The van der Waals surface area contributed by atoms with E-state index in [0.717, 1.165) is 18.4 Å². The first-order valence-electron chi connectivity index (χ1n) is 9.84. The van der Waals surface area contributed by atoms with Gasteiger partial charge in [-0.3, -0.25) is 0 Å². The van der Waals surface area contributed by atoms with Crippen LogP contribution >= 0.6 is 0 Å². The van der Waals surface area contributed by atoms with Gasteiger partial charge in [0, 0.05) is 11.3 Å². The second-order valence-corrected chi connectivity index (χ2v) is 9.02. The van der Waals surface area contributed by atoms with Gasteiger partial charge >= 0.3 is 0 Å². The second kappa shape index (κ2) is 4.19. The summed E-state index contributed by atoms with van der Waals surface area (Å²) in [4.78, 5) is 11.4. The van der Waals surface area contributed by atoms with E-state index in [1.807, 2.05) is 0 Å². The molecule has 0 radical (unpaired) electrons. The molecule has 5 aliphatic carbocycles. The van der Waals surface area contributed by atoms with Crippen molar-refractivity contribution in [3.8, 4) is 11.1 Å². The predicted octanol–water partition coefficient (Wildman–Crippen LogP) is 4.72. The molecular weight excluding hydrogens is 308 g/mol. The molecule has 0 amide bonds. The summed E-state index contributed by atoms with van der Waals surface area (Å²) in [6, 6.07) is 18.4. The molecule has 2 aromatic rings. The van der Waals surface area contributed by atoms with E-state index in [1.54, 1.807) is 11.1 Å². The highest BCUT2D eigenvalue weighted by Gasteiger charge is 2.73. The summed E-state index contributed by atoms with van der Waals surface area (Å²) in [6.07, 6.45) is 5.36. The van der Waals surface area contributed by atoms with E-state index in [2.05, 4.69) is 48.5 Å². The van der Waals surface area contributed by atoms with Crippen molar-refractivity contribution in [2.24, 2.45) is 23.7 Å². The molecule has 6 aliphatic rings. The maximum absolute atomic E-state index is 6.01. The molecule has 126 valence electrons. The van der Waals surface area contributed by atoms with Crippen molar-refractivity contribution in [3.05, 3.63) is 59.7 Å². The Kier molecular flexibility index (Phi) is 2.27. The van der Waals surface area contributed by atoms with Gasteiger partial charge in [-0.1, -0.05) is 48.5 Å². The van der Waals surface area contributed by atoms with Crippen LogP contribution in [0.5, 0.6) is 0 Å². The molecule has 1 aliphatic heterocycles. The molecule has 2 heteroatoms. The monoisotopic (exact) mass is 330 g/mol. The van der Waals surface area contributed by atoms with Crippen LogP contribution in [-0.4, -0.2) is 12.2 Å². The van der Waals surface area contributed by atoms with Crippen molar-refractivity contribution < 1.29 is 9.78 Å². The first-order chi connectivity index (χ1) is 12.3. The molecule has 2 nitrogen and oxygen atoms in total. The van der Waals surface area contributed by atoms with Gasteiger partial charge < -0.3 is 0 Å². The second-order valence-electron chi connectivity index (χ2n) is 9.02. The molecule has 8 rings (SSSR count). The normalized spacial score (nSPS) is 41.0. The van der Waals surface area contributed by atoms with Gasteiger partial charge in [0.05, 0.1) is 0 Å². The standard InChI is InChI=1S/C23H22O2/c1-3-7-19-17(5-1)18-6-2-4-8-20(18)23(19)16-10-14-9-15(12-16)22(13-24-25-22)21(23)11-14/h1-8,14-16,21H,9-13H2. The van der Waals surface area contributed by atoms with Crippen LogP contribution in [-0.2, 0) is 15.2 Å². The van der Waals surface area contributed by atoms with E-state index in [-0.39, 0.29) is 11.0 Å². The van der Waals surface area contributed by atoms with Gasteiger partial charge in [-0.2, -0.15) is 0 Å². The van der Waals surface area contributed by atoms with Gasteiger partial charge in [-0.15, -0.1) is 0 Å². The van der Waals surface area contributed by atoms with Crippen molar-refractivity contribution in [1.82, 2.24) is 0 Å². The van der Waals surface area contributed by atoms with Crippen molar-refractivity contribution in [3.63, 3.8) is 0 Å². The zero-order valence-electron chi connectivity index (χ0n) is 14.3. The van der Waals surface area contributed by atoms with Crippen molar-refractivity contribution in [2.75, 3.05) is 6.61 Å². The van der Waals surface area contributed by atoms with Gasteiger partial charge in [-0.05, 0) is 65.7 Å². The van der Waals surface area contributed by atoms with Gasteiger partial charge in [-0.25, -0.2) is 9.78 Å². The van der Waals surface area contributed by atoms with E-state index in [4.69, 9.17) is 9.78 Å². The first kappa shape index (κ1) is 13.5. The SMILES string of the molecule is c1ccc2c(c1)-c1ccccc1C21C2CC3CC(C2)C2(COO2)C1C3. The third-order valence-electron chi connectivity index (χ3n) is 8.38. The van der Waals surface area contributed by atoms with Crippen molar-refractivity contribution in [1.29, 1.82) is 0 Å². The molecule has 4 bridgehead atoms. The van der Waals surface area contributed by atoms with E-state index < -0.39 is 0 Å². The lowest BCUT2D eigenvalue weighted by atomic mass is 9.38. The van der Waals surface area contributed by atoms with E-state index in [0.29, 0.717) is 11.8 Å². The maximum Gasteiger partial charge on any atom is 0.137 e. The summed E-state index contributed by atoms with van der Waals surface area (Å²) in [5.74, 6) is 2.92. The van der Waals surface area contributed by atoms with Crippen LogP contribution in [0.25, 0.3) is 11.1 Å². The fourth-order valence-corrected chi connectivity index (χ4v) is 7.73. The average Bonchev–Trinajstić information content (AvgIpc) is 2.90. The minimum Gasteiger partial charge on any atom is -0.233 e. The lowest BCUT2D eigenvalue weighted by Gasteiger charge is -2.69. The van der Waals surface area contributed by atoms with E-state index in [1.165, 1.54) is 36.8 Å². The molecule has 1 saturated heterocycles. The summed E-state index contributed by atoms with van der Waals surface area (Å²) in [5.41, 5.74) is 6.17. The molecule has 0 N–H and O–H groups in total. The topological polar surface area (TPSA) is 18.5 Å². The van der Waals surface area contributed by atoms with Crippen LogP contribution in [0.15, 0.2) is 48.5 Å². The Morgan fingerprint density at radius 3 is 2.04 bits per heavy atom. The van der Waals surface area contributed by atoms with Crippen LogP contribution in [0.4, 0.5) is 0 Å². The Labute approximate surface area is 148 Å². The largest absolute Gasteiger partial charge is 0.233 e. The fourth-order valence-electron chi connectivity index (χ4n) is 7.73. The third-order valence-corrected chi connectivity index (χ3v) is 8.38. The molecule has 5 atom stereocenters. The fraction of sp³-hybridized carbons (Fsp3) is 0.478. The Bertz CT molecular complexity index is 851. The molecular formula is C23H22O2. The number of fused-ring (bicyclic) bond motifs is 3. The Morgan fingerprint density at radius 2 is 1.40 bits per heavy atom. The van der Waals surface area contributed by atoms with Gasteiger partial charge in [0.15, 0.2) is 0 Å². The molecule has 2 spiro atoms. The van der Waals surface area contributed by atoms with Crippen LogP contribution in [0.2, 0.25) is 0 Å². The van der Waals surface area contributed by atoms with E-state index >= 15 is 0 Å². The summed E-state index contributed by atoms with van der Waals surface area (Å²) in [7, 11) is 0. The summed E-state index contributed by atoms with van der Waals surface area (Å²) >= 11 is 0.